The van der Waals surface area contributed by atoms with Gasteiger partial charge in [0.1, 0.15) is 6.10 Å². The summed E-state index contributed by atoms with van der Waals surface area (Å²) in [5.74, 6) is 1.50. The van der Waals surface area contributed by atoms with Gasteiger partial charge in [0, 0.05) is 0 Å². The molecule has 2 aliphatic rings. The Hall–Kier alpha value is -0.770. The number of cyclic esters (lactones) is 1. The average molecular weight is 227 g/mol. The lowest BCUT2D eigenvalue weighted by molar-refractivity contribution is -0.0331. The third-order valence-electron chi connectivity index (χ3n) is 3.40. The monoisotopic (exact) mass is 227 g/mol. The van der Waals surface area contributed by atoms with E-state index in [0.717, 1.165) is 24.7 Å². The summed E-state index contributed by atoms with van der Waals surface area (Å²) in [5, 5.41) is 2.63. The first-order valence-electron chi connectivity index (χ1n) is 6.19. The highest BCUT2D eigenvalue weighted by Crippen LogP contribution is 2.30. The molecule has 2 fully saturated rings. The van der Waals surface area contributed by atoms with Crippen LogP contribution in [-0.4, -0.2) is 31.5 Å². The van der Waals surface area contributed by atoms with Crippen molar-refractivity contribution in [3.05, 3.63) is 0 Å². The Labute approximate surface area is 96.7 Å². The van der Waals surface area contributed by atoms with Gasteiger partial charge in [-0.15, -0.1) is 0 Å². The molecule has 92 valence electrons. The van der Waals surface area contributed by atoms with Gasteiger partial charge in [-0.2, -0.15) is 0 Å². The average Bonchev–Trinajstić information content (AvgIpc) is 2.60. The van der Waals surface area contributed by atoms with Crippen molar-refractivity contribution in [2.24, 2.45) is 11.8 Å². The van der Waals surface area contributed by atoms with Crippen molar-refractivity contribution in [2.45, 2.75) is 45.3 Å². The summed E-state index contributed by atoms with van der Waals surface area (Å²) in [7, 11) is 0. The van der Waals surface area contributed by atoms with Gasteiger partial charge in [-0.05, 0) is 31.1 Å². The van der Waals surface area contributed by atoms with E-state index >= 15 is 0 Å². The van der Waals surface area contributed by atoms with Crippen LogP contribution in [-0.2, 0) is 9.47 Å². The molecule has 1 amide bonds. The lowest BCUT2D eigenvalue weighted by Gasteiger charge is -2.31. The highest BCUT2D eigenvalue weighted by Gasteiger charge is 2.27. The van der Waals surface area contributed by atoms with E-state index in [0.29, 0.717) is 19.3 Å². The Morgan fingerprint density at radius 2 is 2.00 bits per heavy atom. The summed E-state index contributed by atoms with van der Waals surface area (Å²) in [5.41, 5.74) is 0. The number of hydrogen-bond donors (Lipinski definition) is 1. The van der Waals surface area contributed by atoms with Crippen LogP contribution >= 0.6 is 0 Å². The molecule has 1 heterocycles. The second kappa shape index (κ2) is 5.04. The topological polar surface area (TPSA) is 47.6 Å². The molecule has 1 saturated carbocycles. The van der Waals surface area contributed by atoms with Gasteiger partial charge in [0.05, 0.1) is 19.3 Å². The van der Waals surface area contributed by atoms with Crippen molar-refractivity contribution >= 4 is 6.09 Å². The Morgan fingerprint density at radius 1 is 1.31 bits per heavy atom. The molecule has 1 saturated heterocycles. The predicted octanol–water partition coefficient (Wildman–Crippen LogP) is 1.94. The number of amides is 1. The summed E-state index contributed by atoms with van der Waals surface area (Å²) in [6.07, 6.45) is 3.51. The highest BCUT2D eigenvalue weighted by atomic mass is 16.6. The van der Waals surface area contributed by atoms with Gasteiger partial charge in [-0.3, -0.25) is 0 Å². The van der Waals surface area contributed by atoms with Gasteiger partial charge in [-0.1, -0.05) is 13.8 Å². The fourth-order valence-corrected chi connectivity index (χ4v) is 2.78. The quantitative estimate of drug-likeness (QED) is 0.801. The minimum Gasteiger partial charge on any atom is -0.442 e. The SMILES string of the molecule is CC1CC(C)CC(OCC2CNC(=O)O2)C1. The number of ether oxygens (including phenoxy) is 2. The molecule has 4 heteroatoms. The lowest BCUT2D eigenvalue weighted by Crippen LogP contribution is -2.30. The molecule has 0 radical (unpaired) electrons. The van der Waals surface area contributed by atoms with E-state index in [1.807, 2.05) is 0 Å². The largest absolute Gasteiger partial charge is 0.442 e. The van der Waals surface area contributed by atoms with E-state index in [1.165, 1.54) is 6.42 Å². The molecule has 3 unspecified atom stereocenters. The summed E-state index contributed by atoms with van der Waals surface area (Å²) >= 11 is 0. The van der Waals surface area contributed by atoms with Crippen molar-refractivity contribution in [2.75, 3.05) is 13.2 Å². The normalized spacial score (nSPS) is 39.2. The second-order valence-corrected chi connectivity index (χ2v) is 5.28. The molecule has 1 aliphatic heterocycles. The number of alkyl carbamates (subject to hydrolysis) is 1. The van der Waals surface area contributed by atoms with Gasteiger partial charge in [0.2, 0.25) is 0 Å². The van der Waals surface area contributed by atoms with Crippen molar-refractivity contribution in [1.82, 2.24) is 5.32 Å². The van der Waals surface area contributed by atoms with Crippen molar-refractivity contribution in [3.8, 4) is 0 Å². The first-order chi connectivity index (χ1) is 7.63. The molecule has 1 N–H and O–H groups in total. The van der Waals surface area contributed by atoms with E-state index in [-0.39, 0.29) is 12.2 Å². The minimum absolute atomic E-state index is 0.0972. The third kappa shape index (κ3) is 3.11. The molecule has 1 aliphatic carbocycles. The zero-order valence-corrected chi connectivity index (χ0v) is 10.1. The fraction of sp³-hybridized carbons (Fsp3) is 0.917. The van der Waals surface area contributed by atoms with Crippen LogP contribution in [0.15, 0.2) is 0 Å². The molecular weight excluding hydrogens is 206 g/mol. The van der Waals surface area contributed by atoms with Gasteiger partial charge < -0.3 is 14.8 Å². The first kappa shape index (κ1) is 11.7. The molecule has 16 heavy (non-hydrogen) atoms. The van der Waals surface area contributed by atoms with E-state index in [2.05, 4.69) is 19.2 Å². The maximum atomic E-state index is 10.8. The maximum Gasteiger partial charge on any atom is 0.407 e. The van der Waals surface area contributed by atoms with E-state index in [1.54, 1.807) is 0 Å². The maximum absolute atomic E-state index is 10.8. The van der Waals surface area contributed by atoms with Crippen LogP contribution in [0.5, 0.6) is 0 Å². The van der Waals surface area contributed by atoms with Crippen LogP contribution < -0.4 is 5.32 Å². The highest BCUT2D eigenvalue weighted by molar-refractivity contribution is 5.69. The Bertz CT molecular complexity index is 247. The Morgan fingerprint density at radius 3 is 2.56 bits per heavy atom. The van der Waals surface area contributed by atoms with Gasteiger partial charge in [0.25, 0.3) is 0 Å². The molecule has 0 aromatic heterocycles. The molecule has 4 nitrogen and oxygen atoms in total. The van der Waals surface area contributed by atoms with Gasteiger partial charge in [0.15, 0.2) is 0 Å². The van der Waals surface area contributed by atoms with Crippen LogP contribution in [0.3, 0.4) is 0 Å². The summed E-state index contributed by atoms with van der Waals surface area (Å²) in [6, 6.07) is 0. The van der Waals surface area contributed by atoms with Crippen LogP contribution in [0.25, 0.3) is 0 Å². The van der Waals surface area contributed by atoms with Crippen molar-refractivity contribution in [1.29, 1.82) is 0 Å². The fourth-order valence-electron chi connectivity index (χ4n) is 2.78. The first-order valence-corrected chi connectivity index (χ1v) is 6.19. The zero-order valence-electron chi connectivity index (χ0n) is 10.1. The number of nitrogens with one attached hydrogen (secondary N) is 1. The molecular formula is C12H21NO3. The van der Waals surface area contributed by atoms with Crippen molar-refractivity contribution in [3.63, 3.8) is 0 Å². The third-order valence-corrected chi connectivity index (χ3v) is 3.40. The lowest BCUT2D eigenvalue weighted by atomic mass is 9.82. The second-order valence-electron chi connectivity index (χ2n) is 5.28. The molecule has 3 atom stereocenters. The molecule has 0 aromatic rings. The number of carbonyl (C=O) groups excluding carboxylic acids is 1. The molecule has 2 rings (SSSR count). The van der Waals surface area contributed by atoms with E-state index < -0.39 is 0 Å². The summed E-state index contributed by atoms with van der Waals surface area (Å²) in [6.45, 7) is 5.67. The minimum atomic E-state index is -0.320. The van der Waals surface area contributed by atoms with E-state index in [9.17, 15) is 4.79 Å². The van der Waals surface area contributed by atoms with Crippen molar-refractivity contribution < 1.29 is 14.3 Å². The van der Waals surface area contributed by atoms with Crippen LogP contribution in [0.1, 0.15) is 33.1 Å². The number of rotatable bonds is 3. The van der Waals surface area contributed by atoms with Crippen LogP contribution in [0.4, 0.5) is 4.79 Å². The Kier molecular flexibility index (Phi) is 3.69. The summed E-state index contributed by atoms with van der Waals surface area (Å²) in [4.78, 5) is 10.8. The molecule has 0 bridgehead atoms. The molecule has 0 spiro atoms. The van der Waals surface area contributed by atoms with Crippen LogP contribution in [0.2, 0.25) is 0 Å². The Balaban J connectivity index is 1.71. The number of hydrogen-bond acceptors (Lipinski definition) is 3. The molecule has 0 aromatic carbocycles. The van der Waals surface area contributed by atoms with Gasteiger partial charge >= 0.3 is 6.09 Å². The number of carbonyl (C=O) groups is 1. The van der Waals surface area contributed by atoms with Crippen LogP contribution in [0, 0.1) is 11.8 Å². The van der Waals surface area contributed by atoms with E-state index in [4.69, 9.17) is 9.47 Å². The predicted molar refractivity (Wildman–Crippen MR) is 60.2 cm³/mol. The van der Waals surface area contributed by atoms with Gasteiger partial charge in [-0.25, -0.2) is 4.79 Å². The smallest absolute Gasteiger partial charge is 0.407 e. The standard InChI is InChI=1S/C12H21NO3/c1-8-3-9(2)5-10(4-8)15-7-11-6-13-12(14)16-11/h8-11H,3-7H2,1-2H3,(H,13,14). The summed E-state index contributed by atoms with van der Waals surface area (Å²) < 4.78 is 10.9. The zero-order chi connectivity index (χ0) is 11.5.